The molecule has 0 unspecified atom stereocenters. The number of carbonyl (C=O) groups is 1. The van der Waals surface area contributed by atoms with Gasteiger partial charge in [0.1, 0.15) is 5.69 Å². The van der Waals surface area contributed by atoms with Crippen LogP contribution < -0.4 is 10.9 Å². The van der Waals surface area contributed by atoms with E-state index in [2.05, 4.69) is 11.8 Å². The van der Waals surface area contributed by atoms with Gasteiger partial charge in [-0.3, -0.25) is 9.59 Å². The van der Waals surface area contributed by atoms with Gasteiger partial charge in [0.15, 0.2) is 11.2 Å². The first-order valence-corrected chi connectivity index (χ1v) is 7.47. The number of fused-ring (bicyclic) bond motifs is 1. The molecule has 0 fully saturated rings. The third-order valence-corrected chi connectivity index (χ3v) is 3.44. The number of nitrogens with zero attached hydrogens (tertiary/aromatic N) is 1. The van der Waals surface area contributed by atoms with Gasteiger partial charge in [0.2, 0.25) is 5.43 Å². The number of aromatic nitrogens is 1. The number of hydrogen-bond acceptors (Lipinski definition) is 5. The summed E-state index contributed by atoms with van der Waals surface area (Å²) in [7, 11) is 0. The van der Waals surface area contributed by atoms with Crippen molar-refractivity contribution in [1.82, 2.24) is 4.57 Å². The van der Waals surface area contributed by atoms with E-state index in [0.717, 1.165) is 12.1 Å². The van der Waals surface area contributed by atoms with Crippen LogP contribution in [0.5, 0.6) is 5.75 Å². The maximum Gasteiger partial charge on any atom is 0.355 e. The molecule has 1 heterocycles. The third kappa shape index (κ3) is 3.46. The maximum absolute atomic E-state index is 12.3. The number of esters is 1. The zero-order valence-corrected chi connectivity index (χ0v) is 13.5. The van der Waals surface area contributed by atoms with Crippen molar-refractivity contribution in [2.24, 2.45) is 0 Å². The molecule has 1 N–H and O–H groups in total. The van der Waals surface area contributed by atoms with Gasteiger partial charge < -0.3 is 14.4 Å². The Bertz CT molecular complexity index is 963. The topological polar surface area (TPSA) is 85.6 Å². The molecule has 0 spiro atoms. The molecular formula is C18H17NO5. The minimum Gasteiger partial charge on any atom is -0.504 e. The number of rotatable bonds is 4. The highest BCUT2D eigenvalue weighted by molar-refractivity contribution is 5.91. The molecule has 2 rings (SSSR count). The molecule has 6 heteroatoms. The summed E-state index contributed by atoms with van der Waals surface area (Å²) in [6.07, 6.45) is 0.454. The average Bonchev–Trinajstić information content (AvgIpc) is 2.70. The predicted molar refractivity (Wildman–Crippen MR) is 90.2 cm³/mol. The van der Waals surface area contributed by atoms with Gasteiger partial charge in [-0.1, -0.05) is 0 Å². The molecule has 24 heavy (non-hydrogen) atoms. The first kappa shape index (κ1) is 17.3. The van der Waals surface area contributed by atoms with Crippen molar-refractivity contribution in [2.45, 2.75) is 26.8 Å². The highest BCUT2D eigenvalue weighted by Crippen LogP contribution is 2.15. The Morgan fingerprint density at radius 1 is 1.25 bits per heavy atom. The molecule has 0 saturated heterocycles. The SMILES string of the molecule is CC#CCCn1c(C(=O)OCC)cc(=O)c2cc(=O)c(O)ccc21. The molecule has 0 radical (unpaired) electrons. The lowest BCUT2D eigenvalue weighted by atomic mass is 10.2. The second-order valence-electron chi connectivity index (χ2n) is 4.97. The highest BCUT2D eigenvalue weighted by atomic mass is 16.5. The third-order valence-electron chi connectivity index (χ3n) is 3.44. The van der Waals surface area contributed by atoms with Crippen molar-refractivity contribution in [3.05, 3.63) is 50.4 Å². The summed E-state index contributed by atoms with van der Waals surface area (Å²) >= 11 is 0. The van der Waals surface area contributed by atoms with Gasteiger partial charge in [-0.25, -0.2) is 4.79 Å². The predicted octanol–water partition coefficient (Wildman–Crippen LogP) is 1.66. The lowest BCUT2D eigenvalue weighted by Gasteiger charge is -2.14. The molecular weight excluding hydrogens is 310 g/mol. The number of aryl methyl sites for hydroxylation is 1. The molecule has 0 amide bonds. The maximum atomic E-state index is 12.3. The molecule has 0 aliphatic carbocycles. The summed E-state index contributed by atoms with van der Waals surface area (Å²) < 4.78 is 6.59. The van der Waals surface area contributed by atoms with Crippen LogP contribution in [0.3, 0.4) is 0 Å². The van der Waals surface area contributed by atoms with Crippen LogP contribution >= 0.6 is 0 Å². The summed E-state index contributed by atoms with van der Waals surface area (Å²) in [6.45, 7) is 3.89. The van der Waals surface area contributed by atoms with Crippen LogP contribution in [0.1, 0.15) is 30.8 Å². The fraction of sp³-hybridized carbons (Fsp3) is 0.278. The standard InChI is InChI=1S/C18H17NO5/c1-3-5-6-9-19-13-7-8-15(20)17(22)10-12(13)16(21)11-14(19)18(23)24-4-2/h7-8,10-11H,4,6,9H2,1-2H3,(H,20,22). The van der Waals surface area contributed by atoms with Crippen molar-refractivity contribution in [3.63, 3.8) is 0 Å². The van der Waals surface area contributed by atoms with E-state index in [9.17, 15) is 19.5 Å². The van der Waals surface area contributed by atoms with Crippen molar-refractivity contribution < 1.29 is 14.6 Å². The number of pyridine rings is 1. The summed E-state index contributed by atoms with van der Waals surface area (Å²) in [5, 5.41) is 9.74. The largest absolute Gasteiger partial charge is 0.504 e. The van der Waals surface area contributed by atoms with E-state index in [-0.39, 0.29) is 17.7 Å². The van der Waals surface area contributed by atoms with Crippen LogP contribution in [0.15, 0.2) is 33.9 Å². The van der Waals surface area contributed by atoms with Crippen LogP contribution in [-0.4, -0.2) is 22.2 Å². The molecule has 0 aliphatic heterocycles. The van der Waals surface area contributed by atoms with Crippen molar-refractivity contribution in [1.29, 1.82) is 0 Å². The average molecular weight is 327 g/mol. The van der Waals surface area contributed by atoms with Gasteiger partial charge in [-0.2, -0.15) is 0 Å². The monoisotopic (exact) mass is 327 g/mol. The minimum atomic E-state index is -0.661. The van der Waals surface area contributed by atoms with Crippen LogP contribution in [0.4, 0.5) is 0 Å². The Kier molecular flexibility index (Phi) is 5.38. The van der Waals surface area contributed by atoms with Crippen LogP contribution in [0.25, 0.3) is 10.9 Å². The first-order chi connectivity index (χ1) is 11.5. The second-order valence-corrected chi connectivity index (χ2v) is 4.97. The van der Waals surface area contributed by atoms with E-state index < -0.39 is 22.6 Å². The van der Waals surface area contributed by atoms with Crippen LogP contribution in [0, 0.1) is 11.8 Å². The molecule has 0 saturated carbocycles. The van der Waals surface area contributed by atoms with E-state index in [1.807, 2.05) is 0 Å². The zero-order valence-electron chi connectivity index (χ0n) is 13.5. The molecule has 2 aromatic rings. The van der Waals surface area contributed by atoms with Gasteiger partial charge in [-0.15, -0.1) is 11.8 Å². The van der Waals surface area contributed by atoms with Crippen LogP contribution in [0.2, 0.25) is 0 Å². The van der Waals surface area contributed by atoms with Gasteiger partial charge in [-0.05, 0) is 26.0 Å². The Morgan fingerprint density at radius 2 is 2.00 bits per heavy atom. The lowest BCUT2D eigenvalue weighted by Crippen LogP contribution is -2.20. The Balaban J connectivity index is 2.83. The van der Waals surface area contributed by atoms with Gasteiger partial charge >= 0.3 is 5.97 Å². The quantitative estimate of drug-likeness (QED) is 0.682. The molecule has 0 bridgehead atoms. The van der Waals surface area contributed by atoms with E-state index in [4.69, 9.17) is 4.74 Å². The van der Waals surface area contributed by atoms with Crippen LogP contribution in [-0.2, 0) is 11.3 Å². The molecule has 6 nitrogen and oxygen atoms in total. The fourth-order valence-electron chi connectivity index (χ4n) is 2.36. The van der Waals surface area contributed by atoms with E-state index in [1.54, 1.807) is 18.4 Å². The molecule has 0 aliphatic rings. The number of hydrogen-bond donors (Lipinski definition) is 1. The zero-order chi connectivity index (χ0) is 17.7. The van der Waals surface area contributed by atoms with Gasteiger partial charge in [0, 0.05) is 30.5 Å². The number of ether oxygens (including phenoxy) is 1. The molecule has 124 valence electrons. The fourth-order valence-corrected chi connectivity index (χ4v) is 2.36. The van der Waals surface area contributed by atoms with Crippen molar-refractivity contribution in [2.75, 3.05) is 6.61 Å². The van der Waals surface area contributed by atoms with E-state index in [1.165, 1.54) is 12.1 Å². The molecule has 1 aromatic heterocycles. The summed E-state index contributed by atoms with van der Waals surface area (Å²) in [5.41, 5.74) is -0.698. The van der Waals surface area contributed by atoms with Crippen molar-refractivity contribution >= 4 is 16.9 Å². The summed E-state index contributed by atoms with van der Waals surface area (Å²) in [6, 6.07) is 4.87. The second kappa shape index (κ2) is 7.47. The van der Waals surface area contributed by atoms with Gasteiger partial charge in [0.05, 0.1) is 12.1 Å². The molecule has 0 atom stereocenters. The van der Waals surface area contributed by atoms with Gasteiger partial charge in [0.25, 0.3) is 0 Å². The lowest BCUT2D eigenvalue weighted by molar-refractivity contribution is 0.0513. The Labute approximate surface area is 138 Å². The van der Waals surface area contributed by atoms with Crippen molar-refractivity contribution in [3.8, 4) is 17.6 Å². The highest BCUT2D eigenvalue weighted by Gasteiger charge is 2.16. The Morgan fingerprint density at radius 3 is 2.67 bits per heavy atom. The summed E-state index contributed by atoms with van der Waals surface area (Å²) in [5.74, 6) is 4.56. The normalized spacial score (nSPS) is 10.1. The number of carbonyl (C=O) groups excluding carboxylic acids is 1. The molecule has 1 aromatic carbocycles. The first-order valence-electron chi connectivity index (χ1n) is 7.47. The number of aromatic hydroxyl groups is 1. The minimum absolute atomic E-state index is 0.0883. The summed E-state index contributed by atoms with van der Waals surface area (Å²) in [4.78, 5) is 36.3. The smallest absolute Gasteiger partial charge is 0.355 e. The van der Waals surface area contributed by atoms with E-state index >= 15 is 0 Å². The Hall–Kier alpha value is -3.07. The van der Waals surface area contributed by atoms with E-state index in [0.29, 0.717) is 18.5 Å².